The Balaban J connectivity index is 1.97. The van der Waals surface area contributed by atoms with Crippen molar-refractivity contribution in [2.75, 3.05) is 12.4 Å². The molecule has 1 N–H and O–H groups in total. The van der Waals surface area contributed by atoms with Crippen molar-refractivity contribution in [2.45, 2.75) is 6.18 Å². The van der Waals surface area contributed by atoms with Crippen molar-refractivity contribution in [3.8, 4) is 0 Å². The predicted octanol–water partition coefficient (Wildman–Crippen LogP) is 4.78. The molecule has 0 fully saturated rings. The number of halogens is 3. The summed E-state index contributed by atoms with van der Waals surface area (Å²) in [4.78, 5) is 15.5. The van der Waals surface area contributed by atoms with E-state index in [1.165, 1.54) is 19.4 Å². The zero-order valence-electron chi connectivity index (χ0n) is 13.1. The first-order chi connectivity index (χ1) is 11.9. The average molecular weight is 346 g/mol. The van der Waals surface area contributed by atoms with Gasteiger partial charge in [0.2, 0.25) is 0 Å². The Kier molecular flexibility index (Phi) is 4.31. The van der Waals surface area contributed by atoms with Crippen molar-refractivity contribution in [1.82, 2.24) is 4.98 Å². The van der Waals surface area contributed by atoms with Crippen LogP contribution in [0, 0.1) is 0 Å². The van der Waals surface area contributed by atoms with Gasteiger partial charge in [-0.25, -0.2) is 4.79 Å². The molecule has 25 heavy (non-hydrogen) atoms. The van der Waals surface area contributed by atoms with E-state index in [-0.39, 0.29) is 0 Å². The lowest BCUT2D eigenvalue weighted by Gasteiger charge is -2.12. The normalized spacial score (nSPS) is 11.4. The van der Waals surface area contributed by atoms with Gasteiger partial charge in [0.1, 0.15) is 0 Å². The summed E-state index contributed by atoms with van der Waals surface area (Å²) in [5.74, 6) is -0.462. The lowest BCUT2D eigenvalue weighted by molar-refractivity contribution is -0.137. The highest BCUT2D eigenvalue weighted by Crippen LogP contribution is 2.33. The molecule has 4 nitrogen and oxygen atoms in total. The Morgan fingerprint density at radius 2 is 1.80 bits per heavy atom. The second-order valence-corrected chi connectivity index (χ2v) is 5.28. The number of alkyl halides is 3. The lowest BCUT2D eigenvalue weighted by Crippen LogP contribution is -2.05. The predicted molar refractivity (Wildman–Crippen MR) is 87.8 cm³/mol. The summed E-state index contributed by atoms with van der Waals surface area (Å²) < 4.78 is 43.5. The van der Waals surface area contributed by atoms with Gasteiger partial charge in [-0.05, 0) is 48.5 Å². The van der Waals surface area contributed by atoms with Crippen LogP contribution in [0.2, 0.25) is 0 Å². The van der Waals surface area contributed by atoms with E-state index in [1.54, 1.807) is 30.3 Å². The number of aromatic nitrogens is 1. The van der Waals surface area contributed by atoms with Crippen LogP contribution in [0.3, 0.4) is 0 Å². The van der Waals surface area contributed by atoms with Crippen LogP contribution < -0.4 is 5.32 Å². The molecule has 7 heteroatoms. The van der Waals surface area contributed by atoms with E-state index in [1.807, 2.05) is 0 Å². The monoisotopic (exact) mass is 346 g/mol. The van der Waals surface area contributed by atoms with Gasteiger partial charge in [0.15, 0.2) is 0 Å². The largest absolute Gasteiger partial charge is 0.465 e. The van der Waals surface area contributed by atoms with Crippen LogP contribution >= 0.6 is 0 Å². The molecule has 3 aromatic rings. The van der Waals surface area contributed by atoms with Gasteiger partial charge >= 0.3 is 12.1 Å². The summed E-state index contributed by atoms with van der Waals surface area (Å²) in [7, 11) is 1.29. The smallest absolute Gasteiger partial charge is 0.416 e. The molecule has 0 bridgehead atoms. The third-order valence-electron chi connectivity index (χ3n) is 3.65. The molecule has 0 saturated heterocycles. The molecule has 2 aromatic carbocycles. The van der Waals surface area contributed by atoms with Crippen molar-refractivity contribution >= 4 is 28.2 Å². The minimum atomic E-state index is -4.43. The number of carbonyl (C=O) groups is 1. The lowest BCUT2D eigenvalue weighted by atomic mass is 10.1. The van der Waals surface area contributed by atoms with Gasteiger partial charge in [-0.3, -0.25) is 4.98 Å². The minimum absolute atomic E-state index is 0.356. The molecule has 0 spiro atoms. The molecule has 3 rings (SSSR count). The van der Waals surface area contributed by atoms with Gasteiger partial charge in [-0.15, -0.1) is 0 Å². The Hall–Kier alpha value is -3.09. The molecular formula is C18H13F3N2O2. The highest BCUT2D eigenvalue weighted by atomic mass is 19.4. The molecular weight excluding hydrogens is 333 g/mol. The maximum Gasteiger partial charge on any atom is 0.416 e. The van der Waals surface area contributed by atoms with Crippen molar-refractivity contribution in [1.29, 1.82) is 0 Å². The second kappa shape index (κ2) is 6.43. The van der Waals surface area contributed by atoms with E-state index in [0.717, 1.165) is 12.1 Å². The number of hydrogen-bond acceptors (Lipinski definition) is 4. The van der Waals surface area contributed by atoms with Crippen LogP contribution in [0.4, 0.5) is 24.5 Å². The van der Waals surface area contributed by atoms with Crippen molar-refractivity contribution < 1.29 is 22.7 Å². The van der Waals surface area contributed by atoms with Gasteiger partial charge in [-0.2, -0.15) is 13.2 Å². The van der Waals surface area contributed by atoms with Crippen LogP contribution in [0.15, 0.2) is 54.7 Å². The number of esters is 1. The fourth-order valence-corrected chi connectivity index (χ4v) is 2.39. The van der Waals surface area contributed by atoms with Crippen molar-refractivity contribution in [3.63, 3.8) is 0 Å². The van der Waals surface area contributed by atoms with E-state index in [9.17, 15) is 18.0 Å². The molecule has 0 aliphatic rings. The number of ether oxygens (including phenoxy) is 1. The fourth-order valence-electron chi connectivity index (χ4n) is 2.39. The number of hydrogen-bond donors (Lipinski definition) is 1. The maximum atomic E-state index is 12.9. The third kappa shape index (κ3) is 3.55. The van der Waals surface area contributed by atoms with Crippen LogP contribution in [0.5, 0.6) is 0 Å². The first-order valence-corrected chi connectivity index (χ1v) is 7.30. The average Bonchev–Trinajstić information content (AvgIpc) is 2.61. The van der Waals surface area contributed by atoms with Gasteiger partial charge in [0.25, 0.3) is 0 Å². The molecule has 1 aromatic heterocycles. The highest BCUT2D eigenvalue weighted by molar-refractivity contribution is 5.94. The Bertz CT molecular complexity index is 922. The zero-order valence-corrected chi connectivity index (χ0v) is 13.1. The standard InChI is InChI=1S/C18H13F3N2O2/c1-25-17(24)11-2-5-13(6-3-11)23-16-8-9-22-15-7-4-12(10-14(15)16)18(19,20)21/h2-10H,1H3,(H,22,23). The molecule has 0 amide bonds. The Labute approximate surface area is 141 Å². The molecule has 0 aliphatic heterocycles. The van der Waals surface area contributed by atoms with E-state index in [0.29, 0.717) is 27.8 Å². The molecule has 0 unspecified atom stereocenters. The van der Waals surface area contributed by atoms with Crippen LogP contribution in [-0.2, 0) is 10.9 Å². The maximum absolute atomic E-state index is 12.9. The number of carbonyl (C=O) groups excluding carboxylic acids is 1. The van der Waals surface area contributed by atoms with E-state index < -0.39 is 17.7 Å². The topological polar surface area (TPSA) is 51.2 Å². The summed E-state index contributed by atoms with van der Waals surface area (Å²) in [5.41, 5.74) is 1.20. The number of benzene rings is 2. The molecule has 1 heterocycles. The molecule has 0 saturated carbocycles. The molecule has 0 atom stereocenters. The molecule has 0 aliphatic carbocycles. The zero-order chi connectivity index (χ0) is 18.0. The van der Waals surface area contributed by atoms with Gasteiger partial charge in [0.05, 0.1) is 23.8 Å². The van der Waals surface area contributed by atoms with E-state index >= 15 is 0 Å². The van der Waals surface area contributed by atoms with Crippen LogP contribution in [0.1, 0.15) is 15.9 Å². The summed E-state index contributed by atoms with van der Waals surface area (Å²) in [6, 6.07) is 11.4. The third-order valence-corrected chi connectivity index (χ3v) is 3.65. The number of fused-ring (bicyclic) bond motifs is 1. The van der Waals surface area contributed by atoms with E-state index in [4.69, 9.17) is 0 Å². The van der Waals surface area contributed by atoms with Crippen LogP contribution in [-0.4, -0.2) is 18.1 Å². The first kappa shape index (κ1) is 16.8. The first-order valence-electron chi connectivity index (χ1n) is 7.30. The summed E-state index contributed by atoms with van der Waals surface area (Å²) >= 11 is 0. The molecule has 0 radical (unpaired) electrons. The van der Waals surface area contributed by atoms with Gasteiger partial charge in [0, 0.05) is 23.0 Å². The van der Waals surface area contributed by atoms with Crippen LogP contribution in [0.25, 0.3) is 10.9 Å². The SMILES string of the molecule is COC(=O)c1ccc(Nc2ccnc3ccc(C(F)(F)F)cc23)cc1. The number of nitrogens with one attached hydrogen (secondary N) is 1. The second-order valence-electron chi connectivity index (χ2n) is 5.28. The quantitative estimate of drug-likeness (QED) is 0.693. The number of pyridine rings is 1. The Morgan fingerprint density at radius 3 is 2.44 bits per heavy atom. The summed E-state index contributed by atoms with van der Waals surface area (Å²) in [6.07, 6.45) is -2.91. The summed E-state index contributed by atoms with van der Waals surface area (Å²) in [6.45, 7) is 0. The number of methoxy groups -OCH3 is 1. The number of nitrogens with zero attached hydrogens (tertiary/aromatic N) is 1. The minimum Gasteiger partial charge on any atom is -0.465 e. The fraction of sp³-hybridized carbons (Fsp3) is 0.111. The number of anilines is 2. The molecule has 128 valence electrons. The van der Waals surface area contributed by atoms with Crippen molar-refractivity contribution in [2.24, 2.45) is 0 Å². The summed E-state index contributed by atoms with van der Waals surface area (Å²) in [5, 5.41) is 3.41. The number of rotatable bonds is 3. The van der Waals surface area contributed by atoms with Crippen molar-refractivity contribution in [3.05, 3.63) is 65.9 Å². The van der Waals surface area contributed by atoms with Gasteiger partial charge in [-0.1, -0.05) is 0 Å². The highest BCUT2D eigenvalue weighted by Gasteiger charge is 2.30. The van der Waals surface area contributed by atoms with E-state index in [2.05, 4.69) is 15.0 Å². The van der Waals surface area contributed by atoms with Gasteiger partial charge < -0.3 is 10.1 Å². The Morgan fingerprint density at radius 1 is 1.08 bits per heavy atom.